The van der Waals surface area contributed by atoms with Crippen LogP contribution in [0.1, 0.15) is 48.3 Å². The zero-order valence-electron chi connectivity index (χ0n) is 15.7. The molecule has 27 heavy (non-hydrogen) atoms. The van der Waals surface area contributed by atoms with Crippen molar-refractivity contribution < 1.29 is 0 Å². The number of piperidine rings is 1. The maximum atomic E-state index is 6.02. The van der Waals surface area contributed by atoms with Crippen molar-refractivity contribution in [2.45, 2.75) is 37.1 Å². The van der Waals surface area contributed by atoms with Crippen LogP contribution in [0, 0.1) is 0 Å². The van der Waals surface area contributed by atoms with Gasteiger partial charge in [-0.2, -0.15) is 0 Å². The fourth-order valence-electron chi connectivity index (χ4n) is 4.76. The number of nitrogens with two attached hydrogens (primary N) is 1. The lowest BCUT2D eigenvalue weighted by molar-refractivity contribution is 0.224. The van der Waals surface area contributed by atoms with Gasteiger partial charge in [-0.3, -0.25) is 0 Å². The number of nitrogen functional groups attached to an aromatic ring is 1. The van der Waals surface area contributed by atoms with Crippen LogP contribution in [0.5, 0.6) is 0 Å². The number of halogens is 1. The van der Waals surface area contributed by atoms with Gasteiger partial charge in [0.2, 0.25) is 0 Å². The molecule has 2 fully saturated rings. The van der Waals surface area contributed by atoms with Gasteiger partial charge in [0.05, 0.1) is 0 Å². The molecule has 1 aliphatic heterocycles. The average molecular weight is 380 g/mol. The fraction of sp³-hybridized carbons (Fsp3) is 0.391. The van der Waals surface area contributed by atoms with Crippen LogP contribution < -0.4 is 5.73 Å². The molecular weight excluding hydrogens is 354 g/mol. The molecular formula is C23H26ClN3. The molecule has 6 rings (SSSR count). The van der Waals surface area contributed by atoms with E-state index in [2.05, 4.69) is 47.0 Å². The van der Waals surface area contributed by atoms with E-state index in [1.54, 1.807) is 5.56 Å². The van der Waals surface area contributed by atoms with E-state index in [0.29, 0.717) is 6.04 Å². The molecule has 0 amide bonds. The van der Waals surface area contributed by atoms with Crippen molar-refractivity contribution in [1.29, 1.82) is 0 Å². The van der Waals surface area contributed by atoms with Gasteiger partial charge in [0.25, 0.3) is 0 Å². The molecule has 2 atom stereocenters. The number of benzene rings is 2. The molecule has 2 aliphatic carbocycles. The molecule has 2 unspecified atom stereocenters. The van der Waals surface area contributed by atoms with E-state index in [9.17, 15) is 0 Å². The van der Waals surface area contributed by atoms with Crippen LogP contribution in [0.25, 0.3) is 10.9 Å². The summed E-state index contributed by atoms with van der Waals surface area (Å²) in [6, 6.07) is 15.3. The SMILES string of the molecule is CN1CCC(n2ccc3cc(Cl)ccc32)CC1.Nc1ccc2c(c1)C1CC21. The van der Waals surface area contributed by atoms with E-state index in [1.165, 1.54) is 48.8 Å². The first-order valence-electron chi connectivity index (χ1n) is 9.94. The molecule has 1 saturated heterocycles. The number of hydrogen-bond donors (Lipinski definition) is 1. The highest BCUT2D eigenvalue weighted by Gasteiger charge is 2.50. The summed E-state index contributed by atoms with van der Waals surface area (Å²) in [6.07, 6.45) is 6.07. The summed E-state index contributed by atoms with van der Waals surface area (Å²) in [5.74, 6) is 1.83. The van der Waals surface area contributed by atoms with E-state index < -0.39 is 0 Å². The molecule has 3 aliphatic rings. The van der Waals surface area contributed by atoms with E-state index >= 15 is 0 Å². The molecule has 4 heteroatoms. The molecule has 1 aromatic heterocycles. The van der Waals surface area contributed by atoms with Crippen molar-refractivity contribution in [3.05, 3.63) is 64.8 Å². The van der Waals surface area contributed by atoms with Gasteiger partial charge in [-0.25, -0.2) is 0 Å². The maximum absolute atomic E-state index is 6.02. The van der Waals surface area contributed by atoms with E-state index in [4.69, 9.17) is 17.3 Å². The largest absolute Gasteiger partial charge is 0.399 e. The van der Waals surface area contributed by atoms with Gasteiger partial charge in [0.15, 0.2) is 0 Å². The van der Waals surface area contributed by atoms with Crippen molar-refractivity contribution in [2.24, 2.45) is 0 Å². The number of fused-ring (bicyclic) bond motifs is 5. The standard InChI is InChI=1S/C14H17ClN2.C9H9N/c1-16-7-5-13(6-8-16)17-9-4-11-10-12(15)2-3-14(11)17;10-5-1-2-6-7(3-5)9-4-8(6)9/h2-4,9-10,13H,5-8H2,1H3;1-3,8-9H,4,10H2. The van der Waals surface area contributed by atoms with Gasteiger partial charge < -0.3 is 15.2 Å². The Morgan fingerprint density at radius 3 is 2.56 bits per heavy atom. The summed E-state index contributed by atoms with van der Waals surface area (Å²) in [4.78, 5) is 2.40. The third kappa shape index (κ3) is 3.13. The lowest BCUT2D eigenvalue weighted by Gasteiger charge is -2.30. The van der Waals surface area contributed by atoms with Gasteiger partial charge in [-0.05, 0) is 98.8 Å². The zero-order valence-corrected chi connectivity index (χ0v) is 16.5. The lowest BCUT2D eigenvalue weighted by atomic mass is 9.88. The topological polar surface area (TPSA) is 34.2 Å². The molecule has 2 aromatic carbocycles. The third-order valence-corrected chi connectivity index (χ3v) is 6.70. The lowest BCUT2D eigenvalue weighted by Crippen LogP contribution is -2.31. The summed E-state index contributed by atoms with van der Waals surface area (Å²) in [7, 11) is 2.20. The zero-order chi connectivity index (χ0) is 18.5. The predicted molar refractivity (Wildman–Crippen MR) is 114 cm³/mol. The maximum Gasteiger partial charge on any atom is 0.0483 e. The van der Waals surface area contributed by atoms with Gasteiger partial charge in [0, 0.05) is 33.9 Å². The normalized spacial score (nSPS) is 23.8. The van der Waals surface area contributed by atoms with Crippen LogP contribution in [0.3, 0.4) is 0 Å². The molecule has 2 heterocycles. The highest BCUT2D eigenvalue weighted by Crippen LogP contribution is 2.65. The Bertz CT molecular complexity index is 984. The van der Waals surface area contributed by atoms with Crippen molar-refractivity contribution >= 4 is 28.2 Å². The summed E-state index contributed by atoms with van der Waals surface area (Å²) in [6.45, 7) is 2.38. The first-order chi connectivity index (χ1) is 13.1. The molecule has 0 bridgehead atoms. The first-order valence-corrected chi connectivity index (χ1v) is 10.3. The Balaban J connectivity index is 0.000000135. The van der Waals surface area contributed by atoms with Crippen LogP contribution in [0.2, 0.25) is 5.02 Å². The van der Waals surface area contributed by atoms with Crippen LogP contribution in [0.4, 0.5) is 5.69 Å². The smallest absolute Gasteiger partial charge is 0.0483 e. The number of likely N-dealkylation sites (tertiary alicyclic amines) is 1. The van der Waals surface area contributed by atoms with E-state index in [1.807, 2.05) is 18.2 Å². The summed E-state index contributed by atoms with van der Waals surface area (Å²) in [5, 5.41) is 2.06. The summed E-state index contributed by atoms with van der Waals surface area (Å²) in [5.41, 5.74) is 10.9. The van der Waals surface area contributed by atoms with Crippen LogP contribution >= 0.6 is 11.6 Å². The van der Waals surface area contributed by atoms with Crippen molar-refractivity contribution in [1.82, 2.24) is 9.47 Å². The molecule has 0 radical (unpaired) electrons. The number of aromatic nitrogens is 1. The Morgan fingerprint density at radius 1 is 0.963 bits per heavy atom. The molecule has 1 saturated carbocycles. The van der Waals surface area contributed by atoms with E-state index in [0.717, 1.165) is 22.5 Å². The average Bonchev–Trinajstić information content (AvgIpc) is 3.24. The summed E-state index contributed by atoms with van der Waals surface area (Å²) >= 11 is 6.02. The van der Waals surface area contributed by atoms with Gasteiger partial charge in [0.1, 0.15) is 0 Å². The van der Waals surface area contributed by atoms with Crippen molar-refractivity contribution in [2.75, 3.05) is 25.9 Å². The number of anilines is 1. The van der Waals surface area contributed by atoms with Gasteiger partial charge in [-0.1, -0.05) is 17.7 Å². The van der Waals surface area contributed by atoms with Crippen LogP contribution in [-0.2, 0) is 0 Å². The Kier molecular flexibility index (Phi) is 4.18. The number of rotatable bonds is 1. The molecule has 3 nitrogen and oxygen atoms in total. The highest BCUT2D eigenvalue weighted by molar-refractivity contribution is 6.31. The van der Waals surface area contributed by atoms with Crippen LogP contribution in [-0.4, -0.2) is 29.6 Å². The number of hydrogen-bond acceptors (Lipinski definition) is 2. The van der Waals surface area contributed by atoms with Gasteiger partial charge in [-0.15, -0.1) is 0 Å². The number of nitrogens with zero attached hydrogens (tertiary/aromatic N) is 2. The minimum absolute atomic E-state index is 0.643. The quantitative estimate of drug-likeness (QED) is 0.573. The van der Waals surface area contributed by atoms with Crippen molar-refractivity contribution in [3.8, 4) is 0 Å². The molecule has 140 valence electrons. The third-order valence-electron chi connectivity index (χ3n) is 6.46. The molecule has 2 N–H and O–H groups in total. The van der Waals surface area contributed by atoms with E-state index in [-0.39, 0.29) is 0 Å². The Hall–Kier alpha value is -1.97. The highest BCUT2D eigenvalue weighted by atomic mass is 35.5. The minimum atomic E-state index is 0.643. The monoisotopic (exact) mass is 379 g/mol. The fourth-order valence-corrected chi connectivity index (χ4v) is 4.95. The molecule has 3 aromatic rings. The second-order valence-electron chi connectivity index (χ2n) is 8.30. The second kappa shape index (κ2) is 6.57. The first kappa shape index (κ1) is 17.2. The van der Waals surface area contributed by atoms with Crippen LogP contribution in [0.15, 0.2) is 48.7 Å². The molecule has 0 spiro atoms. The summed E-state index contributed by atoms with van der Waals surface area (Å²) < 4.78 is 2.42. The minimum Gasteiger partial charge on any atom is -0.399 e. The van der Waals surface area contributed by atoms with Crippen molar-refractivity contribution in [3.63, 3.8) is 0 Å². The van der Waals surface area contributed by atoms with Gasteiger partial charge >= 0.3 is 0 Å². The predicted octanol–water partition coefficient (Wildman–Crippen LogP) is 5.41. The Morgan fingerprint density at radius 2 is 1.74 bits per heavy atom. The second-order valence-corrected chi connectivity index (χ2v) is 8.73. The Labute approximate surface area is 165 Å².